The lowest BCUT2D eigenvalue weighted by atomic mass is 9.65. The van der Waals surface area contributed by atoms with Crippen LogP contribution in [0.2, 0.25) is 0 Å². The summed E-state index contributed by atoms with van der Waals surface area (Å²) in [7, 11) is 0. The van der Waals surface area contributed by atoms with E-state index in [2.05, 4.69) is 13.5 Å². The van der Waals surface area contributed by atoms with Crippen molar-refractivity contribution in [2.24, 2.45) is 17.3 Å². The summed E-state index contributed by atoms with van der Waals surface area (Å²) in [5.74, 6) is -0.680. The highest BCUT2D eigenvalue weighted by atomic mass is 16.5. The van der Waals surface area contributed by atoms with Crippen LogP contribution in [0.1, 0.15) is 39.5 Å². The van der Waals surface area contributed by atoms with Gasteiger partial charge in [0.15, 0.2) is 0 Å². The zero-order valence-electron chi connectivity index (χ0n) is 11.4. The number of ketones is 1. The van der Waals surface area contributed by atoms with Gasteiger partial charge in [-0.2, -0.15) is 0 Å². The molecule has 3 aliphatic rings. The summed E-state index contributed by atoms with van der Waals surface area (Å²) >= 11 is 0. The maximum Gasteiger partial charge on any atom is 0.331 e. The third kappa shape index (κ3) is 1.38. The molecule has 0 radical (unpaired) electrons. The van der Waals surface area contributed by atoms with E-state index in [1.165, 1.54) is 0 Å². The number of aliphatic carboxylic acids is 1. The van der Waals surface area contributed by atoms with Gasteiger partial charge in [-0.25, -0.2) is 4.79 Å². The number of fused-ring (bicyclic) bond motifs is 1. The third-order valence-electron chi connectivity index (χ3n) is 5.82. The van der Waals surface area contributed by atoms with Gasteiger partial charge in [0.2, 0.25) is 0 Å². The molecule has 2 bridgehead atoms. The van der Waals surface area contributed by atoms with E-state index in [0.29, 0.717) is 18.8 Å². The SMILES string of the molecule is C=C(C(=O)O)C1C[C@]2(C)C(=O)CC[C@]23O[C@H]1CC3C. The molecule has 2 unspecified atom stereocenters. The summed E-state index contributed by atoms with van der Waals surface area (Å²) in [6.45, 7) is 7.79. The lowest BCUT2D eigenvalue weighted by molar-refractivity contribution is -0.179. The number of carboxylic acids is 1. The lowest BCUT2D eigenvalue weighted by Crippen LogP contribution is -2.54. The smallest absolute Gasteiger partial charge is 0.331 e. The van der Waals surface area contributed by atoms with Crippen LogP contribution in [0, 0.1) is 17.3 Å². The Morgan fingerprint density at radius 3 is 2.84 bits per heavy atom. The van der Waals surface area contributed by atoms with Crippen LogP contribution in [-0.4, -0.2) is 28.6 Å². The molecular formula is C15H20O4. The van der Waals surface area contributed by atoms with Gasteiger partial charge in [0.25, 0.3) is 0 Å². The predicted octanol–water partition coefficient (Wildman–Crippen LogP) is 2.18. The molecule has 104 valence electrons. The molecule has 0 aromatic carbocycles. The van der Waals surface area contributed by atoms with Gasteiger partial charge < -0.3 is 9.84 Å². The molecule has 1 aliphatic carbocycles. The van der Waals surface area contributed by atoms with E-state index in [0.717, 1.165) is 12.8 Å². The Morgan fingerprint density at radius 2 is 2.21 bits per heavy atom. The molecule has 1 saturated carbocycles. The Hall–Kier alpha value is -1.16. The highest BCUT2D eigenvalue weighted by Gasteiger charge is 2.68. The minimum absolute atomic E-state index is 0.0856. The number of hydrogen-bond acceptors (Lipinski definition) is 3. The number of ether oxygens (including phenoxy) is 1. The molecule has 1 spiro atoms. The van der Waals surface area contributed by atoms with Crippen molar-refractivity contribution in [1.82, 2.24) is 0 Å². The van der Waals surface area contributed by atoms with Gasteiger partial charge in [0.05, 0.1) is 17.1 Å². The molecule has 4 heteroatoms. The maximum absolute atomic E-state index is 12.3. The van der Waals surface area contributed by atoms with E-state index in [-0.39, 0.29) is 29.0 Å². The second kappa shape index (κ2) is 3.69. The molecule has 3 rings (SSSR count). The van der Waals surface area contributed by atoms with Gasteiger partial charge in [0, 0.05) is 17.9 Å². The largest absolute Gasteiger partial charge is 0.478 e. The molecular weight excluding hydrogens is 244 g/mol. The normalized spacial score (nSPS) is 48.1. The average molecular weight is 264 g/mol. The Morgan fingerprint density at radius 1 is 1.53 bits per heavy atom. The first-order valence-corrected chi connectivity index (χ1v) is 6.95. The van der Waals surface area contributed by atoms with Crippen LogP contribution in [-0.2, 0) is 14.3 Å². The van der Waals surface area contributed by atoms with E-state index in [9.17, 15) is 14.7 Å². The zero-order chi connectivity index (χ0) is 14.0. The number of rotatable bonds is 2. The molecule has 0 amide bonds. The van der Waals surface area contributed by atoms with E-state index >= 15 is 0 Å². The summed E-state index contributed by atoms with van der Waals surface area (Å²) < 4.78 is 6.23. The number of carboxylic acid groups (broad SMARTS) is 1. The second-order valence-electron chi connectivity index (χ2n) is 6.58. The Labute approximate surface area is 112 Å². The predicted molar refractivity (Wildman–Crippen MR) is 68.6 cm³/mol. The van der Waals surface area contributed by atoms with Gasteiger partial charge in [-0.3, -0.25) is 4.79 Å². The summed E-state index contributed by atoms with van der Waals surface area (Å²) in [5.41, 5.74) is -0.708. The Kier molecular flexibility index (Phi) is 2.50. The van der Waals surface area contributed by atoms with E-state index in [1.807, 2.05) is 6.92 Å². The van der Waals surface area contributed by atoms with Crippen molar-refractivity contribution >= 4 is 11.8 Å². The first kappa shape index (κ1) is 12.9. The first-order chi connectivity index (χ1) is 8.82. The van der Waals surface area contributed by atoms with E-state index in [4.69, 9.17) is 4.74 Å². The molecule has 3 fully saturated rings. The number of hydrogen-bond donors (Lipinski definition) is 1. The molecule has 0 aromatic rings. The van der Waals surface area contributed by atoms with Crippen molar-refractivity contribution in [3.63, 3.8) is 0 Å². The molecule has 5 atom stereocenters. The Bertz CT molecular complexity index is 483. The topological polar surface area (TPSA) is 63.6 Å². The van der Waals surface area contributed by atoms with Crippen molar-refractivity contribution < 1.29 is 19.4 Å². The summed E-state index contributed by atoms with van der Waals surface area (Å²) in [6.07, 6.45) is 2.66. The molecule has 1 N–H and O–H groups in total. The van der Waals surface area contributed by atoms with Crippen molar-refractivity contribution in [3.05, 3.63) is 12.2 Å². The number of carbonyl (C=O) groups excluding carboxylic acids is 1. The van der Waals surface area contributed by atoms with Crippen LogP contribution in [0.15, 0.2) is 12.2 Å². The lowest BCUT2D eigenvalue weighted by Gasteiger charge is -2.48. The van der Waals surface area contributed by atoms with Gasteiger partial charge in [-0.05, 0) is 32.1 Å². The standard InChI is InChI=1S/C15H20O4/c1-8-6-11-10(9(2)13(17)18)7-14(3)12(16)4-5-15(8,14)19-11/h8,10-11H,2,4-7H2,1,3H3,(H,17,18)/t8?,10?,11-,14+,15+/m0/s1. The fourth-order valence-electron chi connectivity index (χ4n) is 4.65. The van der Waals surface area contributed by atoms with Crippen LogP contribution >= 0.6 is 0 Å². The zero-order valence-corrected chi connectivity index (χ0v) is 11.4. The summed E-state index contributed by atoms with van der Waals surface area (Å²) in [6, 6.07) is 0. The monoisotopic (exact) mass is 264 g/mol. The fourth-order valence-corrected chi connectivity index (χ4v) is 4.65. The molecule has 0 aromatic heterocycles. The minimum Gasteiger partial charge on any atom is -0.478 e. The van der Waals surface area contributed by atoms with Crippen LogP contribution in [0.3, 0.4) is 0 Å². The number of Topliss-reactive ketones (excluding diaryl/α,β-unsaturated/α-hetero) is 1. The van der Waals surface area contributed by atoms with Crippen molar-refractivity contribution in [2.75, 3.05) is 0 Å². The van der Waals surface area contributed by atoms with E-state index in [1.54, 1.807) is 0 Å². The van der Waals surface area contributed by atoms with Crippen LogP contribution in [0.5, 0.6) is 0 Å². The van der Waals surface area contributed by atoms with Crippen molar-refractivity contribution in [3.8, 4) is 0 Å². The van der Waals surface area contributed by atoms with Gasteiger partial charge >= 0.3 is 5.97 Å². The highest BCUT2D eigenvalue weighted by Crippen LogP contribution is 2.63. The molecule has 2 heterocycles. The quantitative estimate of drug-likeness (QED) is 0.776. The molecule has 4 nitrogen and oxygen atoms in total. The summed E-state index contributed by atoms with van der Waals surface area (Å²) in [5, 5.41) is 9.18. The molecule has 2 saturated heterocycles. The first-order valence-electron chi connectivity index (χ1n) is 6.95. The average Bonchev–Trinajstić information content (AvgIpc) is 2.79. The molecule has 2 aliphatic heterocycles. The van der Waals surface area contributed by atoms with Crippen LogP contribution < -0.4 is 0 Å². The van der Waals surface area contributed by atoms with Gasteiger partial charge in [0.1, 0.15) is 5.78 Å². The number of carbonyl (C=O) groups is 2. The van der Waals surface area contributed by atoms with Crippen molar-refractivity contribution in [2.45, 2.75) is 51.2 Å². The van der Waals surface area contributed by atoms with Crippen LogP contribution in [0.4, 0.5) is 0 Å². The van der Waals surface area contributed by atoms with Crippen LogP contribution in [0.25, 0.3) is 0 Å². The molecule has 19 heavy (non-hydrogen) atoms. The fraction of sp³-hybridized carbons (Fsp3) is 0.733. The third-order valence-corrected chi connectivity index (χ3v) is 5.82. The maximum atomic E-state index is 12.3. The van der Waals surface area contributed by atoms with E-state index < -0.39 is 11.4 Å². The van der Waals surface area contributed by atoms with Crippen molar-refractivity contribution in [1.29, 1.82) is 0 Å². The second-order valence-corrected chi connectivity index (χ2v) is 6.58. The summed E-state index contributed by atoms with van der Waals surface area (Å²) in [4.78, 5) is 23.5. The highest BCUT2D eigenvalue weighted by molar-refractivity contribution is 5.90. The Balaban J connectivity index is 2.03. The van der Waals surface area contributed by atoms with Gasteiger partial charge in [-0.15, -0.1) is 0 Å². The minimum atomic E-state index is -0.977. The van der Waals surface area contributed by atoms with Gasteiger partial charge in [-0.1, -0.05) is 13.5 Å².